The Labute approximate surface area is 158 Å². The molecule has 0 aromatic heterocycles. The van der Waals surface area contributed by atoms with Crippen molar-refractivity contribution in [1.82, 2.24) is 26.0 Å². The van der Waals surface area contributed by atoms with Crippen LogP contribution in [0.4, 0.5) is 0 Å². The van der Waals surface area contributed by atoms with Crippen LogP contribution in [0, 0.1) is 0 Å². The Kier molecular flexibility index (Phi) is 6.84. The van der Waals surface area contributed by atoms with Crippen molar-refractivity contribution in [3.8, 4) is 0 Å². The van der Waals surface area contributed by atoms with Crippen LogP contribution in [0.5, 0.6) is 0 Å². The van der Waals surface area contributed by atoms with Crippen molar-refractivity contribution in [2.45, 2.75) is 24.9 Å². The predicted octanol–water partition coefficient (Wildman–Crippen LogP) is 1.11. The third-order valence-electron chi connectivity index (χ3n) is 5.04. The average molecular weight is 410 g/mol. The summed E-state index contributed by atoms with van der Waals surface area (Å²) in [7, 11) is 2.17. The van der Waals surface area contributed by atoms with Crippen molar-refractivity contribution in [2.75, 3.05) is 46.3 Å². The summed E-state index contributed by atoms with van der Waals surface area (Å²) in [5, 5.41) is 3.07. The van der Waals surface area contributed by atoms with Crippen LogP contribution in [-0.4, -0.2) is 68.1 Å². The van der Waals surface area contributed by atoms with E-state index in [1.807, 2.05) is 12.1 Å². The van der Waals surface area contributed by atoms with Gasteiger partial charge in [0.25, 0.3) is 0 Å². The second-order valence-corrected chi connectivity index (χ2v) is 7.89. The second-order valence-electron chi connectivity index (χ2n) is 6.97. The Morgan fingerprint density at radius 3 is 2.64 bits per heavy atom. The molecule has 0 aliphatic carbocycles. The number of halogens is 1. The standard InChI is InChI=1S/C18H28BrN5O/c1-23-9-11-24(12-10-23)8-2-7-20-18(25)17-13-16(21-22-17)14-3-5-15(19)6-4-14/h3-6,16-17,21-22H,2,7-13H2,1H3,(H,20,25). The highest BCUT2D eigenvalue weighted by Crippen LogP contribution is 2.23. The Balaban J connectivity index is 1.34. The van der Waals surface area contributed by atoms with E-state index in [4.69, 9.17) is 0 Å². The zero-order chi connectivity index (χ0) is 17.6. The molecule has 2 aliphatic heterocycles. The summed E-state index contributed by atoms with van der Waals surface area (Å²) < 4.78 is 1.07. The minimum Gasteiger partial charge on any atom is -0.355 e. The van der Waals surface area contributed by atoms with Crippen molar-refractivity contribution < 1.29 is 4.79 Å². The van der Waals surface area contributed by atoms with Crippen molar-refractivity contribution in [2.24, 2.45) is 0 Å². The highest BCUT2D eigenvalue weighted by Gasteiger charge is 2.29. The SMILES string of the molecule is CN1CCN(CCCNC(=O)C2CC(c3ccc(Br)cc3)NN2)CC1. The lowest BCUT2D eigenvalue weighted by atomic mass is 10.0. The molecular weight excluding hydrogens is 382 g/mol. The molecule has 2 aliphatic rings. The van der Waals surface area contributed by atoms with Crippen molar-refractivity contribution in [3.05, 3.63) is 34.3 Å². The van der Waals surface area contributed by atoms with E-state index in [9.17, 15) is 4.79 Å². The maximum atomic E-state index is 12.3. The smallest absolute Gasteiger partial charge is 0.238 e. The largest absolute Gasteiger partial charge is 0.355 e. The summed E-state index contributed by atoms with van der Waals surface area (Å²) in [6, 6.07) is 8.23. The summed E-state index contributed by atoms with van der Waals surface area (Å²) in [4.78, 5) is 17.2. The predicted molar refractivity (Wildman–Crippen MR) is 103 cm³/mol. The van der Waals surface area contributed by atoms with E-state index in [0.717, 1.165) is 56.6 Å². The molecule has 7 heteroatoms. The topological polar surface area (TPSA) is 59.6 Å². The van der Waals surface area contributed by atoms with E-state index in [-0.39, 0.29) is 18.0 Å². The van der Waals surface area contributed by atoms with Gasteiger partial charge in [-0.25, -0.2) is 10.9 Å². The Bertz CT molecular complexity index is 559. The van der Waals surface area contributed by atoms with E-state index < -0.39 is 0 Å². The number of nitrogens with zero attached hydrogens (tertiary/aromatic N) is 2. The number of amides is 1. The van der Waals surface area contributed by atoms with Crippen LogP contribution in [-0.2, 0) is 4.79 Å². The number of rotatable bonds is 6. The number of benzene rings is 1. The highest BCUT2D eigenvalue weighted by atomic mass is 79.9. The number of carbonyl (C=O) groups excluding carboxylic acids is 1. The number of hydrazine groups is 1. The first kappa shape index (κ1) is 18.8. The molecule has 2 heterocycles. The molecule has 1 aromatic rings. The Hall–Kier alpha value is -0.990. The summed E-state index contributed by atoms with van der Waals surface area (Å²) >= 11 is 3.45. The van der Waals surface area contributed by atoms with Gasteiger partial charge in [-0.3, -0.25) is 4.79 Å². The van der Waals surface area contributed by atoms with Gasteiger partial charge in [0.05, 0.1) is 0 Å². The Morgan fingerprint density at radius 2 is 1.92 bits per heavy atom. The fourth-order valence-electron chi connectivity index (χ4n) is 3.35. The van der Waals surface area contributed by atoms with Crippen LogP contribution in [0.3, 0.4) is 0 Å². The lowest BCUT2D eigenvalue weighted by Crippen LogP contribution is -2.46. The van der Waals surface area contributed by atoms with Gasteiger partial charge in [0, 0.05) is 43.2 Å². The van der Waals surface area contributed by atoms with Crippen molar-refractivity contribution >= 4 is 21.8 Å². The third kappa shape index (κ3) is 5.49. The molecule has 0 saturated carbocycles. The quantitative estimate of drug-likeness (QED) is 0.614. The monoisotopic (exact) mass is 409 g/mol. The molecule has 0 spiro atoms. The maximum Gasteiger partial charge on any atom is 0.238 e. The molecule has 2 unspecified atom stereocenters. The molecule has 0 bridgehead atoms. The summed E-state index contributed by atoms with van der Waals surface area (Å²) in [6.45, 7) is 6.35. The van der Waals surface area contributed by atoms with Crippen LogP contribution < -0.4 is 16.2 Å². The minimum atomic E-state index is -0.169. The van der Waals surface area contributed by atoms with E-state index in [1.54, 1.807) is 0 Å². The van der Waals surface area contributed by atoms with Crippen LogP contribution in [0.15, 0.2) is 28.7 Å². The molecule has 3 N–H and O–H groups in total. The number of hydrogen-bond donors (Lipinski definition) is 3. The van der Waals surface area contributed by atoms with E-state index in [1.165, 1.54) is 5.56 Å². The van der Waals surface area contributed by atoms with Gasteiger partial charge < -0.3 is 15.1 Å². The number of hydrogen-bond acceptors (Lipinski definition) is 5. The lowest BCUT2D eigenvalue weighted by Gasteiger charge is -2.32. The molecule has 1 aromatic carbocycles. The maximum absolute atomic E-state index is 12.3. The molecular formula is C18H28BrN5O. The van der Waals surface area contributed by atoms with Crippen LogP contribution >= 0.6 is 15.9 Å². The third-order valence-corrected chi connectivity index (χ3v) is 5.57. The van der Waals surface area contributed by atoms with E-state index in [2.05, 4.69) is 61.1 Å². The summed E-state index contributed by atoms with van der Waals surface area (Å²) in [5.74, 6) is 0.0884. The van der Waals surface area contributed by atoms with Crippen LogP contribution in [0.1, 0.15) is 24.4 Å². The van der Waals surface area contributed by atoms with Gasteiger partial charge in [0.15, 0.2) is 0 Å². The molecule has 2 atom stereocenters. The van der Waals surface area contributed by atoms with E-state index >= 15 is 0 Å². The fraction of sp³-hybridized carbons (Fsp3) is 0.611. The first-order valence-electron chi connectivity index (χ1n) is 9.07. The average Bonchev–Trinajstić information content (AvgIpc) is 3.11. The molecule has 138 valence electrons. The molecule has 0 radical (unpaired) electrons. The molecule has 1 amide bonds. The van der Waals surface area contributed by atoms with Gasteiger partial charge in [-0.1, -0.05) is 28.1 Å². The zero-order valence-electron chi connectivity index (χ0n) is 14.8. The Morgan fingerprint density at radius 1 is 1.20 bits per heavy atom. The second kappa shape index (κ2) is 9.09. The van der Waals surface area contributed by atoms with Crippen LogP contribution in [0.2, 0.25) is 0 Å². The van der Waals surface area contributed by atoms with Gasteiger partial charge in [-0.05, 0) is 44.1 Å². The normalized spacial score (nSPS) is 25.2. The van der Waals surface area contributed by atoms with Gasteiger partial charge in [0.1, 0.15) is 6.04 Å². The number of carbonyl (C=O) groups is 1. The molecule has 6 nitrogen and oxygen atoms in total. The summed E-state index contributed by atoms with van der Waals surface area (Å²) in [6.07, 6.45) is 1.78. The highest BCUT2D eigenvalue weighted by molar-refractivity contribution is 9.10. The fourth-order valence-corrected chi connectivity index (χ4v) is 3.62. The molecule has 25 heavy (non-hydrogen) atoms. The number of piperazine rings is 1. The van der Waals surface area contributed by atoms with Crippen LogP contribution in [0.25, 0.3) is 0 Å². The van der Waals surface area contributed by atoms with Gasteiger partial charge >= 0.3 is 0 Å². The zero-order valence-corrected chi connectivity index (χ0v) is 16.4. The first-order chi connectivity index (χ1) is 12.1. The first-order valence-corrected chi connectivity index (χ1v) is 9.86. The lowest BCUT2D eigenvalue weighted by molar-refractivity contribution is -0.122. The van der Waals surface area contributed by atoms with Crippen molar-refractivity contribution in [3.63, 3.8) is 0 Å². The number of likely N-dealkylation sites (N-methyl/N-ethyl adjacent to an activating group) is 1. The molecule has 3 rings (SSSR count). The van der Waals surface area contributed by atoms with E-state index in [0.29, 0.717) is 0 Å². The summed E-state index contributed by atoms with van der Waals surface area (Å²) in [5.41, 5.74) is 7.55. The molecule has 2 fully saturated rings. The van der Waals surface area contributed by atoms with Gasteiger partial charge in [-0.15, -0.1) is 0 Å². The van der Waals surface area contributed by atoms with Gasteiger partial charge in [-0.2, -0.15) is 0 Å². The number of nitrogens with one attached hydrogen (secondary N) is 3. The van der Waals surface area contributed by atoms with Gasteiger partial charge in [0.2, 0.25) is 5.91 Å². The van der Waals surface area contributed by atoms with Crippen molar-refractivity contribution in [1.29, 1.82) is 0 Å². The minimum absolute atomic E-state index is 0.0884. The molecule has 2 saturated heterocycles.